The van der Waals surface area contributed by atoms with Gasteiger partial charge in [0.25, 0.3) is 5.91 Å². The van der Waals surface area contributed by atoms with Gasteiger partial charge < -0.3 is 24.3 Å². The average molecular weight is 366 g/mol. The van der Waals surface area contributed by atoms with Crippen LogP contribution in [0.15, 0.2) is 16.7 Å². The van der Waals surface area contributed by atoms with Crippen LogP contribution in [-0.2, 0) is 15.1 Å². The summed E-state index contributed by atoms with van der Waals surface area (Å²) in [6.45, 7) is 8.49. The van der Waals surface area contributed by atoms with Crippen LogP contribution in [-0.4, -0.2) is 67.5 Å². The van der Waals surface area contributed by atoms with Gasteiger partial charge in [-0.05, 0) is 26.3 Å². The Bertz CT molecular complexity index is 587. The molecule has 3 heterocycles. The van der Waals surface area contributed by atoms with Crippen LogP contribution < -0.4 is 5.32 Å². The molecule has 1 aromatic rings. The van der Waals surface area contributed by atoms with E-state index in [4.69, 9.17) is 13.9 Å². The molecule has 2 fully saturated rings. The Morgan fingerprint density at radius 1 is 1.31 bits per heavy atom. The SMILES string of the molecule is C[C@H]1CN(CCCNC(=O)c2ccoc2C2(O)CCOCC2)C[C@H](C)O1. The van der Waals surface area contributed by atoms with Crippen molar-refractivity contribution in [2.75, 3.05) is 39.4 Å². The Morgan fingerprint density at radius 2 is 2.00 bits per heavy atom. The van der Waals surface area contributed by atoms with Crippen molar-refractivity contribution in [1.82, 2.24) is 10.2 Å². The molecule has 7 nitrogen and oxygen atoms in total. The Morgan fingerprint density at radius 3 is 2.69 bits per heavy atom. The maximum atomic E-state index is 12.5. The van der Waals surface area contributed by atoms with Gasteiger partial charge in [-0.1, -0.05) is 0 Å². The highest BCUT2D eigenvalue weighted by Gasteiger charge is 2.38. The summed E-state index contributed by atoms with van der Waals surface area (Å²) in [6, 6.07) is 1.63. The van der Waals surface area contributed by atoms with E-state index in [2.05, 4.69) is 24.1 Å². The smallest absolute Gasteiger partial charge is 0.254 e. The molecule has 0 unspecified atom stereocenters. The second-order valence-corrected chi connectivity index (χ2v) is 7.43. The van der Waals surface area contributed by atoms with Crippen molar-refractivity contribution >= 4 is 5.91 Å². The van der Waals surface area contributed by atoms with Crippen molar-refractivity contribution < 1.29 is 23.8 Å². The Kier molecular flexibility index (Phi) is 6.34. The van der Waals surface area contributed by atoms with Crippen molar-refractivity contribution in [1.29, 1.82) is 0 Å². The van der Waals surface area contributed by atoms with Gasteiger partial charge in [0.2, 0.25) is 0 Å². The van der Waals surface area contributed by atoms with E-state index in [1.165, 1.54) is 6.26 Å². The van der Waals surface area contributed by atoms with Gasteiger partial charge in [-0.25, -0.2) is 0 Å². The molecule has 0 aromatic carbocycles. The third-order valence-corrected chi connectivity index (χ3v) is 5.08. The molecule has 0 aliphatic carbocycles. The molecular formula is C19H30N2O5. The predicted octanol–water partition coefficient (Wildman–Crippen LogP) is 1.51. The zero-order valence-electron chi connectivity index (χ0n) is 15.7. The third-order valence-electron chi connectivity index (χ3n) is 5.08. The fourth-order valence-electron chi connectivity index (χ4n) is 3.85. The van der Waals surface area contributed by atoms with Crippen LogP contribution in [0.4, 0.5) is 0 Å². The number of morpholine rings is 1. The van der Waals surface area contributed by atoms with Crippen LogP contribution in [0.3, 0.4) is 0 Å². The van der Waals surface area contributed by atoms with Gasteiger partial charge in [-0.2, -0.15) is 0 Å². The molecule has 0 spiro atoms. The molecule has 0 bridgehead atoms. The molecule has 2 atom stereocenters. The fraction of sp³-hybridized carbons (Fsp3) is 0.737. The first-order chi connectivity index (χ1) is 12.5. The van der Waals surface area contributed by atoms with Gasteiger partial charge in [-0.15, -0.1) is 0 Å². The van der Waals surface area contributed by atoms with E-state index in [0.717, 1.165) is 26.1 Å². The highest BCUT2D eigenvalue weighted by molar-refractivity contribution is 5.95. The zero-order valence-corrected chi connectivity index (χ0v) is 15.7. The summed E-state index contributed by atoms with van der Waals surface area (Å²) in [5, 5.41) is 13.7. The number of aliphatic hydroxyl groups is 1. The maximum Gasteiger partial charge on any atom is 0.254 e. The normalized spacial score (nSPS) is 26.6. The third kappa shape index (κ3) is 4.65. The average Bonchev–Trinajstić information content (AvgIpc) is 3.09. The van der Waals surface area contributed by atoms with Crippen molar-refractivity contribution in [2.45, 2.75) is 50.9 Å². The molecule has 7 heteroatoms. The van der Waals surface area contributed by atoms with Crippen LogP contribution in [0.25, 0.3) is 0 Å². The molecular weight excluding hydrogens is 336 g/mol. The molecule has 2 saturated heterocycles. The molecule has 1 aromatic heterocycles. The number of furan rings is 1. The molecule has 146 valence electrons. The Balaban J connectivity index is 1.48. The number of amides is 1. The first-order valence-corrected chi connectivity index (χ1v) is 9.52. The molecule has 2 aliphatic rings. The first kappa shape index (κ1) is 19.4. The second kappa shape index (κ2) is 8.52. The lowest BCUT2D eigenvalue weighted by Crippen LogP contribution is -2.46. The minimum atomic E-state index is -1.12. The summed E-state index contributed by atoms with van der Waals surface area (Å²) >= 11 is 0. The summed E-state index contributed by atoms with van der Waals surface area (Å²) in [6.07, 6.45) is 3.72. The van der Waals surface area contributed by atoms with Gasteiger partial charge >= 0.3 is 0 Å². The number of ether oxygens (including phenoxy) is 2. The lowest BCUT2D eigenvalue weighted by molar-refractivity contribution is -0.0804. The van der Waals surface area contributed by atoms with Crippen LogP contribution in [0, 0.1) is 0 Å². The van der Waals surface area contributed by atoms with Crippen molar-refractivity contribution in [3.63, 3.8) is 0 Å². The van der Waals surface area contributed by atoms with Gasteiger partial charge in [0, 0.05) is 52.2 Å². The molecule has 0 radical (unpaired) electrons. The number of hydrogen-bond acceptors (Lipinski definition) is 6. The van der Waals surface area contributed by atoms with E-state index in [9.17, 15) is 9.90 Å². The minimum absolute atomic E-state index is 0.197. The molecule has 2 N–H and O–H groups in total. The quantitative estimate of drug-likeness (QED) is 0.743. The van der Waals surface area contributed by atoms with Crippen molar-refractivity contribution in [2.24, 2.45) is 0 Å². The predicted molar refractivity (Wildman–Crippen MR) is 96.1 cm³/mol. The van der Waals surface area contributed by atoms with E-state index < -0.39 is 5.60 Å². The Hall–Kier alpha value is -1.41. The first-order valence-electron chi connectivity index (χ1n) is 9.52. The summed E-state index contributed by atoms with van der Waals surface area (Å²) in [7, 11) is 0. The summed E-state index contributed by atoms with van der Waals surface area (Å²) in [5.74, 6) is 0.159. The molecule has 1 amide bonds. The van der Waals surface area contributed by atoms with Crippen LogP contribution >= 0.6 is 0 Å². The number of nitrogens with one attached hydrogen (secondary N) is 1. The van der Waals surface area contributed by atoms with Crippen LogP contribution in [0.1, 0.15) is 49.2 Å². The minimum Gasteiger partial charge on any atom is -0.465 e. The van der Waals surface area contributed by atoms with Crippen molar-refractivity contribution in [3.8, 4) is 0 Å². The number of nitrogens with zero attached hydrogens (tertiary/aromatic N) is 1. The number of rotatable bonds is 6. The molecule has 0 saturated carbocycles. The van der Waals surface area contributed by atoms with E-state index in [0.29, 0.717) is 43.9 Å². The highest BCUT2D eigenvalue weighted by atomic mass is 16.5. The summed E-state index contributed by atoms with van der Waals surface area (Å²) in [4.78, 5) is 14.9. The zero-order chi connectivity index (χ0) is 18.6. The highest BCUT2D eigenvalue weighted by Crippen LogP contribution is 2.34. The molecule has 2 aliphatic heterocycles. The molecule has 3 rings (SSSR count). The molecule has 26 heavy (non-hydrogen) atoms. The number of carbonyl (C=O) groups is 1. The van der Waals surface area contributed by atoms with Gasteiger partial charge in [0.1, 0.15) is 11.4 Å². The largest absolute Gasteiger partial charge is 0.465 e. The van der Waals surface area contributed by atoms with E-state index in [-0.39, 0.29) is 18.1 Å². The van der Waals surface area contributed by atoms with Crippen molar-refractivity contribution in [3.05, 3.63) is 23.7 Å². The summed E-state index contributed by atoms with van der Waals surface area (Å²) < 4.78 is 16.5. The fourth-order valence-corrected chi connectivity index (χ4v) is 3.85. The Labute approximate surface area is 154 Å². The van der Waals surface area contributed by atoms with E-state index in [1.54, 1.807) is 6.07 Å². The van der Waals surface area contributed by atoms with Gasteiger partial charge in [0.15, 0.2) is 0 Å². The van der Waals surface area contributed by atoms with Crippen LogP contribution in [0.5, 0.6) is 0 Å². The number of carbonyl (C=O) groups excluding carboxylic acids is 1. The topological polar surface area (TPSA) is 84.2 Å². The van der Waals surface area contributed by atoms with E-state index in [1.807, 2.05) is 0 Å². The van der Waals surface area contributed by atoms with E-state index >= 15 is 0 Å². The van der Waals surface area contributed by atoms with Gasteiger partial charge in [0.05, 0.1) is 24.0 Å². The van der Waals surface area contributed by atoms with Crippen LogP contribution in [0.2, 0.25) is 0 Å². The second-order valence-electron chi connectivity index (χ2n) is 7.43. The standard InChI is InChI=1S/C19H30N2O5/c1-14-12-21(13-15(2)26-14)8-3-7-20-18(22)16-4-9-25-17(16)19(23)5-10-24-11-6-19/h4,9,14-15,23H,3,5-8,10-13H2,1-2H3,(H,20,22)/t14-,15-/m0/s1. The summed E-state index contributed by atoms with van der Waals surface area (Å²) in [5.41, 5.74) is -0.697. The van der Waals surface area contributed by atoms with Gasteiger partial charge in [-0.3, -0.25) is 9.69 Å². The monoisotopic (exact) mass is 366 g/mol. The maximum absolute atomic E-state index is 12.5. The lowest BCUT2D eigenvalue weighted by atomic mass is 9.89. The number of hydrogen-bond donors (Lipinski definition) is 2. The lowest BCUT2D eigenvalue weighted by Gasteiger charge is -2.35.